The number of pyridine rings is 1. The molecule has 2 N–H and O–H groups in total. The molecule has 3 heterocycles. The smallest absolute Gasteiger partial charge is 0.223 e. The van der Waals surface area contributed by atoms with Gasteiger partial charge in [0, 0.05) is 24.9 Å². The van der Waals surface area contributed by atoms with Gasteiger partial charge in [0.05, 0.1) is 21.3 Å². The molecule has 0 atom stereocenters. The molecule has 1 aromatic carbocycles. The SMILES string of the molecule is CC(=O)Nc1nc2ccc(-c3cnc4cc[nH]c4c3)cc2s1.CCCC. The third kappa shape index (κ3) is 4.08. The van der Waals surface area contributed by atoms with Crippen LogP contribution in [0.2, 0.25) is 0 Å². The molecule has 3 aromatic heterocycles. The van der Waals surface area contributed by atoms with Gasteiger partial charge in [-0.15, -0.1) is 0 Å². The number of carbonyl (C=O) groups is 1. The number of anilines is 1. The lowest BCUT2D eigenvalue weighted by molar-refractivity contribution is -0.114. The third-order valence-corrected chi connectivity index (χ3v) is 4.84. The molecule has 26 heavy (non-hydrogen) atoms. The summed E-state index contributed by atoms with van der Waals surface area (Å²) in [6.45, 7) is 5.84. The van der Waals surface area contributed by atoms with E-state index in [0.717, 1.165) is 32.4 Å². The number of unbranched alkanes of at least 4 members (excludes halogenated alkanes) is 1. The van der Waals surface area contributed by atoms with Crippen molar-refractivity contribution in [3.05, 3.63) is 42.7 Å². The summed E-state index contributed by atoms with van der Waals surface area (Å²) < 4.78 is 1.04. The zero-order valence-corrected chi connectivity index (χ0v) is 16.0. The maximum absolute atomic E-state index is 11.1. The number of fused-ring (bicyclic) bond motifs is 2. The largest absolute Gasteiger partial charge is 0.360 e. The summed E-state index contributed by atoms with van der Waals surface area (Å²) in [6.07, 6.45) is 6.39. The van der Waals surface area contributed by atoms with Gasteiger partial charge in [-0.05, 0) is 29.8 Å². The summed E-state index contributed by atoms with van der Waals surface area (Å²) in [4.78, 5) is 23.1. The van der Waals surface area contributed by atoms with Crippen LogP contribution in [0.3, 0.4) is 0 Å². The molecule has 0 fully saturated rings. The number of aromatic nitrogens is 3. The Hall–Kier alpha value is -2.73. The van der Waals surface area contributed by atoms with Gasteiger partial charge in [0.25, 0.3) is 0 Å². The minimum absolute atomic E-state index is 0.110. The third-order valence-electron chi connectivity index (χ3n) is 3.90. The molecule has 0 saturated carbocycles. The molecule has 134 valence electrons. The van der Waals surface area contributed by atoms with Crippen LogP contribution in [0.1, 0.15) is 33.6 Å². The molecule has 0 aliphatic rings. The molecule has 0 aliphatic carbocycles. The lowest BCUT2D eigenvalue weighted by Crippen LogP contribution is -2.04. The Kier molecular flexibility index (Phi) is 5.63. The van der Waals surface area contributed by atoms with Crippen molar-refractivity contribution < 1.29 is 4.79 Å². The number of benzene rings is 1. The first-order chi connectivity index (χ1) is 12.6. The second-order valence-corrected chi connectivity index (χ2v) is 7.05. The van der Waals surface area contributed by atoms with Crippen molar-refractivity contribution in [2.45, 2.75) is 33.6 Å². The highest BCUT2D eigenvalue weighted by atomic mass is 32.1. The lowest BCUT2D eigenvalue weighted by atomic mass is 10.1. The first-order valence-corrected chi connectivity index (χ1v) is 9.54. The number of thiazole rings is 1. The van der Waals surface area contributed by atoms with E-state index in [0.29, 0.717) is 5.13 Å². The standard InChI is InChI=1S/C16H12N4OS.C4H10/c1-9(21)19-16-20-13-3-2-10(7-15(13)22-16)11-6-14-12(18-8-11)4-5-17-14;1-3-4-2/h2-8,17H,1H3,(H,19,20,21);3-4H2,1-2H3. The van der Waals surface area contributed by atoms with E-state index in [1.54, 1.807) is 0 Å². The second kappa shape index (κ2) is 8.10. The molecule has 5 nitrogen and oxygen atoms in total. The Bertz CT molecular complexity index is 1030. The Labute approximate surface area is 156 Å². The number of H-pyrrole nitrogens is 1. The van der Waals surface area contributed by atoms with Crippen LogP contribution in [0, 0.1) is 0 Å². The van der Waals surface area contributed by atoms with E-state index in [1.807, 2.05) is 30.6 Å². The summed E-state index contributed by atoms with van der Waals surface area (Å²) in [5, 5.41) is 3.35. The molecule has 0 saturated heterocycles. The Morgan fingerprint density at radius 3 is 2.65 bits per heavy atom. The maximum Gasteiger partial charge on any atom is 0.223 e. The van der Waals surface area contributed by atoms with Crippen molar-refractivity contribution in [3.63, 3.8) is 0 Å². The predicted octanol–water partition coefficient (Wildman–Crippen LogP) is 5.60. The predicted molar refractivity (Wildman–Crippen MR) is 110 cm³/mol. The highest BCUT2D eigenvalue weighted by Gasteiger charge is 2.08. The van der Waals surface area contributed by atoms with Crippen LogP contribution in [-0.2, 0) is 4.79 Å². The van der Waals surface area contributed by atoms with E-state index in [1.165, 1.54) is 31.1 Å². The molecule has 0 radical (unpaired) electrons. The number of aromatic amines is 1. The average molecular weight is 366 g/mol. The van der Waals surface area contributed by atoms with Gasteiger partial charge in [-0.3, -0.25) is 9.78 Å². The van der Waals surface area contributed by atoms with Crippen molar-refractivity contribution >= 4 is 43.6 Å². The summed E-state index contributed by atoms with van der Waals surface area (Å²) in [6, 6.07) is 10.1. The molecule has 4 aromatic rings. The van der Waals surface area contributed by atoms with Crippen LogP contribution in [0.25, 0.3) is 32.4 Å². The van der Waals surface area contributed by atoms with Crippen LogP contribution in [-0.4, -0.2) is 20.9 Å². The van der Waals surface area contributed by atoms with E-state index < -0.39 is 0 Å². The van der Waals surface area contributed by atoms with Gasteiger partial charge < -0.3 is 10.3 Å². The number of hydrogen-bond acceptors (Lipinski definition) is 4. The summed E-state index contributed by atoms with van der Waals surface area (Å²) in [7, 11) is 0. The molecular formula is C20H22N4OS. The van der Waals surface area contributed by atoms with Gasteiger partial charge in [0.15, 0.2) is 5.13 Å². The number of nitrogens with one attached hydrogen (secondary N) is 2. The van der Waals surface area contributed by atoms with E-state index in [9.17, 15) is 4.79 Å². The monoisotopic (exact) mass is 366 g/mol. The molecule has 1 amide bonds. The lowest BCUT2D eigenvalue weighted by Gasteiger charge is -2.01. The van der Waals surface area contributed by atoms with E-state index in [2.05, 4.69) is 46.2 Å². The fourth-order valence-electron chi connectivity index (χ4n) is 2.40. The normalized spacial score (nSPS) is 10.6. The number of carbonyl (C=O) groups excluding carboxylic acids is 1. The van der Waals surface area contributed by atoms with Crippen LogP contribution in [0.4, 0.5) is 5.13 Å². The highest BCUT2D eigenvalue weighted by molar-refractivity contribution is 7.22. The number of hydrogen-bond donors (Lipinski definition) is 2. The highest BCUT2D eigenvalue weighted by Crippen LogP contribution is 2.31. The molecule has 0 bridgehead atoms. The van der Waals surface area contributed by atoms with E-state index in [4.69, 9.17) is 0 Å². The summed E-state index contributed by atoms with van der Waals surface area (Å²) >= 11 is 1.47. The summed E-state index contributed by atoms with van der Waals surface area (Å²) in [5.41, 5.74) is 4.98. The fraction of sp³-hybridized carbons (Fsp3) is 0.250. The van der Waals surface area contributed by atoms with Gasteiger partial charge in [-0.25, -0.2) is 4.98 Å². The molecule has 6 heteroatoms. The molecule has 0 spiro atoms. The first kappa shape index (κ1) is 18.1. The Balaban J connectivity index is 0.000000447. The molecule has 0 aliphatic heterocycles. The number of nitrogens with zero attached hydrogens (tertiary/aromatic N) is 2. The van der Waals surface area contributed by atoms with Crippen LogP contribution < -0.4 is 5.32 Å². The topological polar surface area (TPSA) is 70.7 Å². The van der Waals surface area contributed by atoms with Gasteiger partial charge in [0.1, 0.15) is 0 Å². The molecule has 0 unspecified atom stereocenters. The average Bonchev–Trinajstić information content (AvgIpc) is 3.25. The van der Waals surface area contributed by atoms with Crippen molar-refractivity contribution in [1.29, 1.82) is 0 Å². The quantitative estimate of drug-likeness (QED) is 0.495. The van der Waals surface area contributed by atoms with E-state index >= 15 is 0 Å². The summed E-state index contributed by atoms with van der Waals surface area (Å²) in [5.74, 6) is -0.110. The van der Waals surface area contributed by atoms with Crippen LogP contribution in [0.5, 0.6) is 0 Å². The van der Waals surface area contributed by atoms with Crippen LogP contribution >= 0.6 is 11.3 Å². The molecule has 4 rings (SSSR count). The van der Waals surface area contributed by atoms with Crippen molar-refractivity contribution in [2.24, 2.45) is 0 Å². The minimum atomic E-state index is -0.110. The maximum atomic E-state index is 11.1. The number of amides is 1. The van der Waals surface area contributed by atoms with Gasteiger partial charge in [-0.1, -0.05) is 44.1 Å². The minimum Gasteiger partial charge on any atom is -0.360 e. The Morgan fingerprint density at radius 2 is 1.92 bits per heavy atom. The van der Waals surface area contributed by atoms with Crippen LogP contribution in [0.15, 0.2) is 42.7 Å². The van der Waals surface area contributed by atoms with Crippen molar-refractivity contribution in [2.75, 3.05) is 5.32 Å². The second-order valence-electron chi connectivity index (χ2n) is 6.02. The first-order valence-electron chi connectivity index (χ1n) is 8.72. The van der Waals surface area contributed by atoms with Gasteiger partial charge in [-0.2, -0.15) is 0 Å². The zero-order valence-electron chi connectivity index (χ0n) is 15.2. The van der Waals surface area contributed by atoms with Crippen molar-refractivity contribution in [1.82, 2.24) is 15.0 Å². The van der Waals surface area contributed by atoms with Gasteiger partial charge in [0.2, 0.25) is 5.91 Å². The number of rotatable bonds is 3. The zero-order chi connectivity index (χ0) is 18.5. The van der Waals surface area contributed by atoms with Gasteiger partial charge >= 0.3 is 0 Å². The Morgan fingerprint density at radius 1 is 1.12 bits per heavy atom. The van der Waals surface area contributed by atoms with Crippen molar-refractivity contribution in [3.8, 4) is 11.1 Å². The van der Waals surface area contributed by atoms with E-state index in [-0.39, 0.29) is 5.91 Å². The fourth-order valence-corrected chi connectivity index (χ4v) is 3.35. The molecular weight excluding hydrogens is 344 g/mol.